The van der Waals surface area contributed by atoms with E-state index in [0.29, 0.717) is 11.3 Å². The van der Waals surface area contributed by atoms with Crippen molar-refractivity contribution in [2.24, 2.45) is 0 Å². The first-order valence-corrected chi connectivity index (χ1v) is 6.52. The number of H-pyrrole nitrogens is 1. The number of aromatic nitrogens is 3. The van der Waals surface area contributed by atoms with Crippen molar-refractivity contribution in [3.05, 3.63) is 53.1 Å². The fourth-order valence-electron chi connectivity index (χ4n) is 1.82. The number of benzene rings is 1. The van der Waals surface area contributed by atoms with E-state index >= 15 is 0 Å². The van der Waals surface area contributed by atoms with E-state index in [1.54, 1.807) is 6.08 Å². The lowest BCUT2D eigenvalue weighted by atomic mass is 10.2. The standard InChI is InChI=1S/C14H17N3OS/c1-4-9-17-13(15-16-14(17)19)11(3)18-12-7-5-10(2)6-8-12/h4-8,11H,1,9H2,2-3H3,(H,16,19). The number of allylic oxidation sites excluding steroid dienone is 1. The Bertz CT molecular complexity index is 612. The molecule has 0 fully saturated rings. The number of rotatable bonds is 5. The Morgan fingerprint density at radius 2 is 2.16 bits per heavy atom. The zero-order valence-corrected chi connectivity index (χ0v) is 11.9. The minimum Gasteiger partial charge on any atom is -0.483 e. The fourth-order valence-corrected chi connectivity index (χ4v) is 2.03. The van der Waals surface area contributed by atoms with Crippen molar-refractivity contribution in [3.8, 4) is 5.75 Å². The monoisotopic (exact) mass is 275 g/mol. The molecule has 1 aromatic carbocycles. The highest BCUT2D eigenvalue weighted by Crippen LogP contribution is 2.20. The van der Waals surface area contributed by atoms with Gasteiger partial charge in [-0.2, -0.15) is 5.10 Å². The van der Waals surface area contributed by atoms with Gasteiger partial charge in [0.2, 0.25) is 0 Å². The molecule has 0 amide bonds. The van der Waals surface area contributed by atoms with Gasteiger partial charge >= 0.3 is 0 Å². The summed E-state index contributed by atoms with van der Waals surface area (Å²) in [7, 11) is 0. The molecule has 0 saturated heterocycles. The zero-order valence-electron chi connectivity index (χ0n) is 11.1. The van der Waals surface area contributed by atoms with Crippen LogP contribution >= 0.6 is 12.2 Å². The Labute approximate surface area is 117 Å². The first kappa shape index (κ1) is 13.5. The summed E-state index contributed by atoms with van der Waals surface area (Å²) >= 11 is 5.18. The van der Waals surface area contributed by atoms with Crippen molar-refractivity contribution in [1.82, 2.24) is 14.8 Å². The van der Waals surface area contributed by atoms with Crippen molar-refractivity contribution < 1.29 is 4.74 Å². The molecular weight excluding hydrogens is 258 g/mol. The minimum atomic E-state index is -0.185. The molecule has 2 rings (SSSR count). The van der Waals surface area contributed by atoms with Crippen molar-refractivity contribution in [3.63, 3.8) is 0 Å². The molecule has 0 aliphatic rings. The summed E-state index contributed by atoms with van der Waals surface area (Å²) in [4.78, 5) is 0. The van der Waals surface area contributed by atoms with Crippen LogP contribution in [0.3, 0.4) is 0 Å². The number of aryl methyl sites for hydroxylation is 1. The third kappa shape index (κ3) is 3.12. The molecule has 0 spiro atoms. The third-order valence-electron chi connectivity index (χ3n) is 2.80. The molecule has 0 aliphatic carbocycles. The van der Waals surface area contributed by atoms with E-state index in [1.165, 1.54) is 5.56 Å². The Morgan fingerprint density at radius 1 is 1.47 bits per heavy atom. The normalized spacial score (nSPS) is 12.1. The molecule has 0 radical (unpaired) electrons. The molecule has 19 heavy (non-hydrogen) atoms. The van der Waals surface area contributed by atoms with Crippen LogP contribution in [0.25, 0.3) is 0 Å². The van der Waals surface area contributed by atoms with Gasteiger partial charge in [0.25, 0.3) is 0 Å². The molecule has 4 nitrogen and oxygen atoms in total. The summed E-state index contributed by atoms with van der Waals surface area (Å²) in [6.07, 6.45) is 1.60. The van der Waals surface area contributed by atoms with Crippen LogP contribution in [0.5, 0.6) is 5.75 Å². The van der Waals surface area contributed by atoms with Gasteiger partial charge in [-0.25, -0.2) is 0 Å². The van der Waals surface area contributed by atoms with Crippen molar-refractivity contribution in [2.45, 2.75) is 26.5 Å². The molecule has 2 aromatic rings. The molecule has 1 atom stereocenters. The van der Waals surface area contributed by atoms with Crippen LogP contribution in [0.15, 0.2) is 36.9 Å². The summed E-state index contributed by atoms with van der Waals surface area (Å²) in [6, 6.07) is 7.93. The number of hydrogen-bond acceptors (Lipinski definition) is 3. The molecule has 1 N–H and O–H groups in total. The third-order valence-corrected chi connectivity index (χ3v) is 3.11. The zero-order chi connectivity index (χ0) is 13.8. The van der Waals surface area contributed by atoms with Crippen LogP contribution in [0.4, 0.5) is 0 Å². The van der Waals surface area contributed by atoms with Gasteiger partial charge in [-0.3, -0.25) is 9.67 Å². The maximum atomic E-state index is 5.87. The Hall–Kier alpha value is -1.88. The van der Waals surface area contributed by atoms with E-state index in [9.17, 15) is 0 Å². The summed E-state index contributed by atoms with van der Waals surface area (Å²) < 4.78 is 8.33. The van der Waals surface area contributed by atoms with Crippen LogP contribution < -0.4 is 4.74 Å². The quantitative estimate of drug-likeness (QED) is 0.670. The van der Waals surface area contributed by atoms with Gasteiger partial charge in [0.05, 0.1) is 0 Å². The van der Waals surface area contributed by atoms with E-state index in [-0.39, 0.29) is 6.10 Å². The van der Waals surface area contributed by atoms with E-state index in [2.05, 4.69) is 16.8 Å². The molecule has 0 saturated carbocycles. The Kier molecular flexibility index (Phi) is 4.16. The van der Waals surface area contributed by atoms with E-state index in [4.69, 9.17) is 17.0 Å². The average molecular weight is 275 g/mol. The summed E-state index contributed by atoms with van der Waals surface area (Å²) in [5, 5.41) is 7.01. The molecule has 100 valence electrons. The molecule has 0 aliphatic heterocycles. The van der Waals surface area contributed by atoms with Gasteiger partial charge in [0.1, 0.15) is 5.75 Å². The Balaban J connectivity index is 2.20. The maximum Gasteiger partial charge on any atom is 0.195 e. The lowest BCUT2D eigenvalue weighted by molar-refractivity contribution is 0.211. The highest BCUT2D eigenvalue weighted by atomic mass is 32.1. The number of aromatic amines is 1. The Morgan fingerprint density at radius 3 is 2.79 bits per heavy atom. The summed E-state index contributed by atoms with van der Waals surface area (Å²) in [5.41, 5.74) is 1.20. The van der Waals surface area contributed by atoms with E-state index in [0.717, 1.165) is 11.6 Å². The highest BCUT2D eigenvalue weighted by molar-refractivity contribution is 7.71. The van der Waals surface area contributed by atoms with Crippen LogP contribution in [0.1, 0.15) is 24.4 Å². The predicted octanol–water partition coefficient (Wildman–Crippen LogP) is 3.58. The molecule has 1 heterocycles. The van der Waals surface area contributed by atoms with Gasteiger partial charge in [0.15, 0.2) is 16.7 Å². The largest absolute Gasteiger partial charge is 0.483 e. The molecule has 1 aromatic heterocycles. The van der Waals surface area contributed by atoms with Crippen LogP contribution in [0, 0.1) is 11.7 Å². The number of nitrogens with one attached hydrogen (secondary N) is 1. The molecule has 0 bridgehead atoms. The SMILES string of the molecule is C=CCn1c(C(C)Oc2ccc(C)cc2)n[nH]c1=S. The molecular formula is C14H17N3OS. The van der Waals surface area contributed by atoms with Gasteiger partial charge < -0.3 is 4.74 Å². The summed E-state index contributed by atoms with van der Waals surface area (Å²) in [5.74, 6) is 1.59. The molecule has 5 heteroatoms. The second-order valence-corrected chi connectivity index (χ2v) is 4.75. The number of ether oxygens (including phenoxy) is 1. The van der Waals surface area contributed by atoms with Gasteiger partial charge in [-0.15, -0.1) is 6.58 Å². The second kappa shape index (κ2) is 5.84. The first-order chi connectivity index (χ1) is 9.11. The molecule has 1 unspecified atom stereocenters. The van der Waals surface area contributed by atoms with Gasteiger partial charge in [-0.05, 0) is 38.2 Å². The van der Waals surface area contributed by atoms with Crippen molar-refractivity contribution >= 4 is 12.2 Å². The number of hydrogen-bond donors (Lipinski definition) is 1. The maximum absolute atomic E-state index is 5.87. The topological polar surface area (TPSA) is 42.8 Å². The first-order valence-electron chi connectivity index (χ1n) is 6.11. The van der Waals surface area contributed by atoms with Crippen molar-refractivity contribution in [1.29, 1.82) is 0 Å². The van der Waals surface area contributed by atoms with E-state index < -0.39 is 0 Å². The number of nitrogens with zero attached hydrogens (tertiary/aromatic N) is 2. The van der Waals surface area contributed by atoms with Crippen LogP contribution in [-0.2, 0) is 6.54 Å². The van der Waals surface area contributed by atoms with Gasteiger partial charge in [0, 0.05) is 6.54 Å². The van der Waals surface area contributed by atoms with Crippen LogP contribution in [-0.4, -0.2) is 14.8 Å². The van der Waals surface area contributed by atoms with Crippen LogP contribution in [0.2, 0.25) is 0 Å². The minimum absolute atomic E-state index is 0.185. The van der Waals surface area contributed by atoms with Gasteiger partial charge in [-0.1, -0.05) is 23.8 Å². The smallest absolute Gasteiger partial charge is 0.195 e. The van der Waals surface area contributed by atoms with E-state index in [1.807, 2.05) is 42.7 Å². The summed E-state index contributed by atoms with van der Waals surface area (Å²) in [6.45, 7) is 8.33. The lowest BCUT2D eigenvalue weighted by Gasteiger charge is -2.14. The fraction of sp³-hybridized carbons (Fsp3) is 0.286. The highest BCUT2D eigenvalue weighted by Gasteiger charge is 2.15. The average Bonchev–Trinajstić information content (AvgIpc) is 2.75. The second-order valence-electron chi connectivity index (χ2n) is 4.36. The lowest BCUT2D eigenvalue weighted by Crippen LogP contribution is -2.11. The predicted molar refractivity (Wildman–Crippen MR) is 77.8 cm³/mol. The van der Waals surface area contributed by atoms with Crippen molar-refractivity contribution in [2.75, 3.05) is 0 Å².